The maximum atomic E-state index is 12.4. The van der Waals surface area contributed by atoms with Crippen molar-refractivity contribution in [3.63, 3.8) is 0 Å². The minimum Gasteiger partial charge on any atom is -0.492 e. The van der Waals surface area contributed by atoms with E-state index in [1.165, 1.54) is 0 Å². The van der Waals surface area contributed by atoms with E-state index < -0.39 is 18.0 Å². The Kier molecular flexibility index (Phi) is 6.54. The maximum Gasteiger partial charge on any atom is 0.318 e. The number of nitrogens with zero attached hydrogens (tertiary/aromatic N) is 1. The molecule has 1 unspecified atom stereocenters. The number of amides is 3. The lowest BCUT2D eigenvalue weighted by molar-refractivity contribution is -0.125. The summed E-state index contributed by atoms with van der Waals surface area (Å²) in [6.07, 6.45) is 0. The van der Waals surface area contributed by atoms with Gasteiger partial charge in [-0.3, -0.25) is 15.0 Å². The van der Waals surface area contributed by atoms with Gasteiger partial charge in [0.1, 0.15) is 18.4 Å². The number of likely N-dealkylation sites (N-methyl/N-ethyl adjacent to an activating group) is 1. The lowest BCUT2D eigenvalue weighted by atomic mass is 10.0. The third-order valence-electron chi connectivity index (χ3n) is 3.78. The van der Waals surface area contributed by atoms with Crippen LogP contribution in [0, 0.1) is 6.92 Å². The summed E-state index contributed by atoms with van der Waals surface area (Å²) in [6.45, 7) is 2.92. The fraction of sp³-hybridized carbons (Fsp3) is 0.263. The van der Waals surface area contributed by atoms with Gasteiger partial charge in [-0.1, -0.05) is 48.0 Å². The summed E-state index contributed by atoms with van der Waals surface area (Å²) in [5.74, 6) is 0.313. The van der Waals surface area contributed by atoms with Crippen molar-refractivity contribution in [3.05, 3.63) is 65.7 Å². The van der Waals surface area contributed by atoms with Crippen LogP contribution < -0.4 is 15.8 Å². The van der Waals surface area contributed by atoms with Crippen molar-refractivity contribution in [3.8, 4) is 5.75 Å². The Morgan fingerprint density at radius 1 is 1.12 bits per heavy atom. The normalized spacial score (nSPS) is 11.8. The highest BCUT2D eigenvalue weighted by Gasteiger charge is 2.25. The van der Waals surface area contributed by atoms with Gasteiger partial charge in [-0.25, -0.2) is 4.79 Å². The number of hydrogen-bond acceptors (Lipinski definition) is 4. The number of benzene rings is 2. The first-order valence-electron chi connectivity index (χ1n) is 8.02. The van der Waals surface area contributed by atoms with Crippen LogP contribution >= 0.6 is 0 Å². The molecule has 132 valence electrons. The number of nitrogens with one attached hydrogen (secondary N) is 1. The Morgan fingerprint density at radius 3 is 2.36 bits per heavy atom. The summed E-state index contributed by atoms with van der Waals surface area (Å²) in [5.41, 5.74) is 7.02. The number of nitrogens with two attached hydrogens (primary N) is 1. The third kappa shape index (κ3) is 5.61. The number of aryl methyl sites for hydroxylation is 1. The van der Waals surface area contributed by atoms with Crippen molar-refractivity contribution in [2.45, 2.75) is 13.0 Å². The number of carbonyl (C=O) groups is 2. The molecule has 0 aliphatic carbocycles. The highest BCUT2D eigenvalue weighted by Crippen LogP contribution is 2.19. The molecule has 0 saturated heterocycles. The minimum absolute atomic E-state index is 0.409. The molecule has 0 aliphatic heterocycles. The van der Waals surface area contributed by atoms with Crippen molar-refractivity contribution >= 4 is 11.9 Å². The number of hydrogen-bond donors (Lipinski definition) is 2. The van der Waals surface area contributed by atoms with E-state index in [0.29, 0.717) is 13.2 Å². The predicted octanol–water partition coefficient (Wildman–Crippen LogP) is 2.24. The topological polar surface area (TPSA) is 84.7 Å². The van der Waals surface area contributed by atoms with Crippen molar-refractivity contribution < 1.29 is 14.3 Å². The first-order valence-corrected chi connectivity index (χ1v) is 8.02. The van der Waals surface area contributed by atoms with Gasteiger partial charge in [0.25, 0.3) is 0 Å². The molecule has 0 heterocycles. The quantitative estimate of drug-likeness (QED) is 0.809. The summed E-state index contributed by atoms with van der Waals surface area (Å²) in [7, 11) is 1.80. The molecule has 0 fully saturated rings. The first kappa shape index (κ1) is 18.5. The molecule has 0 bridgehead atoms. The molecule has 25 heavy (non-hydrogen) atoms. The van der Waals surface area contributed by atoms with Crippen LogP contribution in [-0.2, 0) is 4.79 Å². The first-order chi connectivity index (χ1) is 12.0. The average molecular weight is 341 g/mol. The molecule has 1 atom stereocenters. The molecular formula is C19H23N3O3. The second-order valence-corrected chi connectivity index (χ2v) is 5.81. The van der Waals surface area contributed by atoms with Crippen LogP contribution in [0.25, 0.3) is 0 Å². The molecule has 3 N–H and O–H groups in total. The van der Waals surface area contributed by atoms with Crippen LogP contribution in [0.4, 0.5) is 4.79 Å². The molecule has 0 spiro atoms. The second kappa shape index (κ2) is 8.84. The Bertz CT molecular complexity index is 702. The number of rotatable bonds is 7. The van der Waals surface area contributed by atoms with Gasteiger partial charge in [0.2, 0.25) is 5.91 Å². The standard InChI is InChI=1S/C19H23N3O3/c1-14-8-10-16(11-9-14)25-13-12-22(2)17(18(23)21-19(20)24)15-6-4-3-5-7-15/h3-11,17H,12-13H2,1-2H3,(H3,20,21,23,24). The molecule has 3 amide bonds. The highest BCUT2D eigenvalue weighted by molar-refractivity contribution is 5.96. The van der Waals surface area contributed by atoms with Crippen LogP contribution in [0.2, 0.25) is 0 Å². The molecule has 0 saturated carbocycles. The molecule has 0 aromatic heterocycles. The number of ether oxygens (including phenoxy) is 1. The summed E-state index contributed by atoms with van der Waals surface area (Å²) in [6, 6.07) is 15.5. The highest BCUT2D eigenvalue weighted by atomic mass is 16.5. The lowest BCUT2D eigenvalue weighted by Gasteiger charge is -2.27. The van der Waals surface area contributed by atoms with Crippen molar-refractivity contribution in [2.75, 3.05) is 20.2 Å². The van der Waals surface area contributed by atoms with Gasteiger partial charge < -0.3 is 10.5 Å². The van der Waals surface area contributed by atoms with Gasteiger partial charge in [0.15, 0.2) is 0 Å². The van der Waals surface area contributed by atoms with Crippen molar-refractivity contribution in [1.29, 1.82) is 0 Å². The molecule has 0 radical (unpaired) electrons. The number of primary amides is 1. The van der Waals surface area contributed by atoms with Gasteiger partial charge >= 0.3 is 6.03 Å². The van der Waals surface area contributed by atoms with Gasteiger partial charge in [0, 0.05) is 6.54 Å². The van der Waals surface area contributed by atoms with Crippen LogP contribution in [0.1, 0.15) is 17.2 Å². The second-order valence-electron chi connectivity index (χ2n) is 5.81. The third-order valence-corrected chi connectivity index (χ3v) is 3.78. The van der Waals surface area contributed by atoms with Gasteiger partial charge in [-0.2, -0.15) is 0 Å². The Labute approximate surface area is 147 Å². The van der Waals surface area contributed by atoms with Crippen LogP contribution in [0.3, 0.4) is 0 Å². The van der Waals surface area contributed by atoms with Crippen molar-refractivity contribution in [2.24, 2.45) is 5.73 Å². The maximum absolute atomic E-state index is 12.4. The number of imide groups is 1. The van der Waals surface area contributed by atoms with E-state index in [1.807, 2.05) is 66.4 Å². The van der Waals surface area contributed by atoms with Gasteiger partial charge in [-0.15, -0.1) is 0 Å². The van der Waals surface area contributed by atoms with E-state index in [1.54, 1.807) is 7.05 Å². The summed E-state index contributed by atoms with van der Waals surface area (Å²) in [5, 5.41) is 2.15. The van der Waals surface area contributed by atoms with E-state index in [9.17, 15) is 9.59 Å². The largest absolute Gasteiger partial charge is 0.492 e. The number of urea groups is 1. The summed E-state index contributed by atoms with van der Waals surface area (Å²) < 4.78 is 5.71. The summed E-state index contributed by atoms with van der Waals surface area (Å²) >= 11 is 0. The lowest BCUT2D eigenvalue weighted by Crippen LogP contribution is -2.44. The van der Waals surface area contributed by atoms with Crippen LogP contribution in [-0.4, -0.2) is 37.0 Å². The van der Waals surface area contributed by atoms with E-state index >= 15 is 0 Å². The van der Waals surface area contributed by atoms with E-state index in [4.69, 9.17) is 10.5 Å². The molecule has 6 nitrogen and oxygen atoms in total. The molecular weight excluding hydrogens is 318 g/mol. The summed E-state index contributed by atoms with van der Waals surface area (Å²) in [4.78, 5) is 25.2. The molecule has 0 aliphatic rings. The van der Waals surface area contributed by atoms with E-state index in [0.717, 1.165) is 16.9 Å². The van der Waals surface area contributed by atoms with Crippen LogP contribution in [0.5, 0.6) is 5.75 Å². The Balaban J connectivity index is 2.01. The zero-order chi connectivity index (χ0) is 18.2. The SMILES string of the molecule is Cc1ccc(OCCN(C)C(C(=O)NC(N)=O)c2ccccc2)cc1. The molecule has 2 aromatic rings. The van der Waals surface area contributed by atoms with Crippen LogP contribution in [0.15, 0.2) is 54.6 Å². The van der Waals surface area contributed by atoms with Gasteiger partial charge in [-0.05, 0) is 31.7 Å². The van der Waals surface area contributed by atoms with E-state index in [2.05, 4.69) is 5.32 Å². The molecule has 6 heteroatoms. The smallest absolute Gasteiger partial charge is 0.318 e. The molecule has 2 rings (SSSR count). The zero-order valence-electron chi connectivity index (χ0n) is 14.4. The fourth-order valence-electron chi connectivity index (χ4n) is 2.50. The Hall–Kier alpha value is -2.86. The predicted molar refractivity (Wildman–Crippen MR) is 96.2 cm³/mol. The minimum atomic E-state index is -0.866. The monoisotopic (exact) mass is 341 g/mol. The zero-order valence-corrected chi connectivity index (χ0v) is 14.4. The Morgan fingerprint density at radius 2 is 1.76 bits per heavy atom. The van der Waals surface area contributed by atoms with Gasteiger partial charge in [0.05, 0.1) is 0 Å². The average Bonchev–Trinajstić information content (AvgIpc) is 2.57. The van der Waals surface area contributed by atoms with E-state index in [-0.39, 0.29) is 0 Å². The van der Waals surface area contributed by atoms with Crippen molar-refractivity contribution in [1.82, 2.24) is 10.2 Å². The number of carbonyl (C=O) groups excluding carboxylic acids is 2. The molecule has 2 aromatic carbocycles. The fourth-order valence-corrected chi connectivity index (χ4v) is 2.50.